The predicted octanol–water partition coefficient (Wildman–Crippen LogP) is 4.49. The summed E-state index contributed by atoms with van der Waals surface area (Å²) in [6, 6.07) is 6.31. The van der Waals surface area contributed by atoms with Gasteiger partial charge in [-0.15, -0.1) is 0 Å². The first-order valence-electron chi connectivity index (χ1n) is 10.6. The van der Waals surface area contributed by atoms with Gasteiger partial charge in [-0.3, -0.25) is 4.79 Å². The normalized spacial score (nSPS) is 13.5. The van der Waals surface area contributed by atoms with E-state index in [0.717, 1.165) is 22.3 Å². The van der Waals surface area contributed by atoms with Gasteiger partial charge < -0.3 is 13.7 Å². The predicted molar refractivity (Wildman–Crippen MR) is 123 cm³/mol. The Labute approximate surface area is 194 Å². The summed E-state index contributed by atoms with van der Waals surface area (Å²) in [6.07, 6.45) is 3.00. The van der Waals surface area contributed by atoms with E-state index in [2.05, 4.69) is 4.74 Å². The van der Waals surface area contributed by atoms with Crippen molar-refractivity contribution in [2.75, 3.05) is 7.11 Å². The van der Waals surface area contributed by atoms with Crippen molar-refractivity contribution in [3.05, 3.63) is 69.3 Å². The van der Waals surface area contributed by atoms with E-state index in [1.807, 2.05) is 33.8 Å². The molecule has 0 atom stereocenters. The van der Waals surface area contributed by atoms with Crippen LogP contribution < -0.4 is 4.18 Å². The number of methoxy groups -OCH3 is 1. The molecule has 0 amide bonds. The summed E-state index contributed by atoms with van der Waals surface area (Å²) in [7, 11) is -2.84. The number of allylic oxidation sites excluding steroid dienone is 2. The van der Waals surface area contributed by atoms with Gasteiger partial charge in [0, 0.05) is 17.5 Å². The van der Waals surface area contributed by atoms with Crippen LogP contribution in [0.25, 0.3) is 0 Å². The van der Waals surface area contributed by atoms with Gasteiger partial charge in [0.25, 0.3) is 0 Å². The standard InChI is InChI=1S/C25H28O7S/c1-15-6-10-19(11-7-15)33(28,29)32-24-20(12-8-16(2)9-13-22(26)30-5)17(3)18(4)21-14-31-25(27)23(21)24/h6-8,10-11H,9,12-14H2,1-5H3/b16-8+. The lowest BCUT2D eigenvalue weighted by Gasteiger charge is -2.18. The zero-order chi connectivity index (χ0) is 24.3. The van der Waals surface area contributed by atoms with Gasteiger partial charge in [-0.25, -0.2) is 4.79 Å². The number of ether oxygens (including phenoxy) is 2. The van der Waals surface area contributed by atoms with Crippen molar-refractivity contribution < 1.29 is 31.7 Å². The zero-order valence-electron chi connectivity index (χ0n) is 19.5. The van der Waals surface area contributed by atoms with Crippen molar-refractivity contribution in [3.63, 3.8) is 0 Å². The van der Waals surface area contributed by atoms with E-state index in [0.29, 0.717) is 24.0 Å². The molecule has 0 aromatic heterocycles. The van der Waals surface area contributed by atoms with Crippen LogP contribution in [0.2, 0.25) is 0 Å². The van der Waals surface area contributed by atoms with E-state index in [4.69, 9.17) is 8.92 Å². The number of carbonyl (C=O) groups is 2. The van der Waals surface area contributed by atoms with Crippen LogP contribution in [-0.4, -0.2) is 27.5 Å². The SMILES string of the molecule is COC(=O)CC/C(C)=C/Cc1c(C)c(C)c2c(c1OS(=O)(=O)c1ccc(C)cc1)C(=O)OC2. The van der Waals surface area contributed by atoms with Gasteiger partial charge in [0.2, 0.25) is 0 Å². The highest BCUT2D eigenvalue weighted by Crippen LogP contribution is 2.40. The Bertz CT molecular complexity index is 1220. The highest BCUT2D eigenvalue weighted by atomic mass is 32.2. The van der Waals surface area contributed by atoms with E-state index in [-0.39, 0.29) is 35.2 Å². The van der Waals surface area contributed by atoms with Crippen LogP contribution in [0.15, 0.2) is 40.8 Å². The third kappa shape index (κ3) is 5.27. The molecule has 0 fully saturated rings. The number of fused-ring (bicyclic) bond motifs is 1. The molecule has 3 rings (SSSR count). The second-order valence-corrected chi connectivity index (χ2v) is 9.71. The van der Waals surface area contributed by atoms with Crippen LogP contribution in [0.1, 0.15) is 57.9 Å². The Balaban J connectivity index is 2.05. The number of hydrogen-bond acceptors (Lipinski definition) is 7. The Kier molecular flexibility index (Phi) is 7.27. The molecule has 1 aliphatic rings. The van der Waals surface area contributed by atoms with Crippen molar-refractivity contribution in [2.45, 2.75) is 58.5 Å². The minimum Gasteiger partial charge on any atom is -0.469 e. The average Bonchev–Trinajstić information content (AvgIpc) is 3.17. The fourth-order valence-electron chi connectivity index (χ4n) is 3.68. The molecule has 0 aliphatic carbocycles. The summed E-state index contributed by atoms with van der Waals surface area (Å²) in [5.74, 6) is -0.897. The lowest BCUT2D eigenvalue weighted by Crippen LogP contribution is -2.15. The summed E-state index contributed by atoms with van der Waals surface area (Å²) in [4.78, 5) is 24.0. The molecule has 7 nitrogen and oxygen atoms in total. The quantitative estimate of drug-likeness (QED) is 0.317. The minimum atomic E-state index is -4.18. The van der Waals surface area contributed by atoms with E-state index < -0.39 is 16.1 Å². The second kappa shape index (κ2) is 9.79. The Morgan fingerprint density at radius 3 is 2.39 bits per heavy atom. The summed E-state index contributed by atoms with van der Waals surface area (Å²) in [5.41, 5.74) is 4.94. The third-order valence-electron chi connectivity index (χ3n) is 5.93. The Morgan fingerprint density at radius 1 is 1.09 bits per heavy atom. The topological polar surface area (TPSA) is 96.0 Å². The number of carbonyl (C=O) groups excluding carboxylic acids is 2. The number of hydrogen-bond donors (Lipinski definition) is 0. The first kappa shape index (κ1) is 24.5. The molecule has 0 spiro atoms. The molecule has 0 bridgehead atoms. The fourth-order valence-corrected chi connectivity index (χ4v) is 4.65. The van der Waals surface area contributed by atoms with Gasteiger partial charge in [0.1, 0.15) is 17.1 Å². The molecule has 2 aromatic carbocycles. The summed E-state index contributed by atoms with van der Waals surface area (Å²) < 4.78 is 41.7. The van der Waals surface area contributed by atoms with Crippen LogP contribution in [0.4, 0.5) is 0 Å². The molecule has 176 valence electrons. The second-order valence-electron chi connectivity index (χ2n) is 8.17. The molecule has 8 heteroatoms. The van der Waals surface area contributed by atoms with E-state index in [1.165, 1.54) is 19.2 Å². The van der Waals surface area contributed by atoms with E-state index >= 15 is 0 Å². The largest absolute Gasteiger partial charge is 0.469 e. The fraction of sp³-hybridized carbons (Fsp3) is 0.360. The summed E-state index contributed by atoms with van der Waals surface area (Å²) in [6.45, 7) is 7.57. The highest BCUT2D eigenvalue weighted by Gasteiger charge is 2.34. The van der Waals surface area contributed by atoms with Gasteiger partial charge >= 0.3 is 22.1 Å². The van der Waals surface area contributed by atoms with Crippen LogP contribution in [0.3, 0.4) is 0 Å². The molecule has 2 aromatic rings. The molecule has 0 N–H and O–H groups in total. The van der Waals surface area contributed by atoms with E-state index in [1.54, 1.807) is 12.1 Å². The van der Waals surface area contributed by atoms with Crippen LogP contribution >= 0.6 is 0 Å². The van der Waals surface area contributed by atoms with E-state index in [9.17, 15) is 18.0 Å². The van der Waals surface area contributed by atoms with Crippen molar-refractivity contribution in [3.8, 4) is 5.75 Å². The molecule has 0 saturated heterocycles. The van der Waals surface area contributed by atoms with Crippen molar-refractivity contribution in [1.29, 1.82) is 0 Å². The number of rotatable bonds is 8. The van der Waals surface area contributed by atoms with Crippen molar-refractivity contribution >= 4 is 22.1 Å². The first-order chi connectivity index (χ1) is 15.5. The zero-order valence-corrected chi connectivity index (χ0v) is 20.3. The molecule has 1 heterocycles. The molecule has 0 saturated carbocycles. The number of cyclic esters (lactones) is 1. The molecule has 0 unspecified atom stereocenters. The first-order valence-corrected chi connectivity index (χ1v) is 12.0. The average molecular weight is 473 g/mol. The van der Waals surface area contributed by atoms with Gasteiger partial charge in [-0.05, 0) is 63.8 Å². The highest BCUT2D eigenvalue weighted by molar-refractivity contribution is 7.87. The van der Waals surface area contributed by atoms with Gasteiger partial charge in [-0.2, -0.15) is 8.42 Å². The Morgan fingerprint density at radius 2 is 1.76 bits per heavy atom. The molecule has 33 heavy (non-hydrogen) atoms. The maximum atomic E-state index is 13.1. The summed E-state index contributed by atoms with van der Waals surface area (Å²) in [5, 5.41) is 0. The lowest BCUT2D eigenvalue weighted by molar-refractivity contribution is -0.140. The number of esters is 2. The number of benzene rings is 2. The Hall–Kier alpha value is -3.13. The van der Waals surface area contributed by atoms with Crippen LogP contribution in [0.5, 0.6) is 5.75 Å². The maximum absolute atomic E-state index is 13.1. The third-order valence-corrected chi connectivity index (χ3v) is 7.17. The smallest absolute Gasteiger partial charge is 0.342 e. The molecule has 1 aliphatic heterocycles. The molecule has 0 radical (unpaired) electrons. The summed E-state index contributed by atoms with van der Waals surface area (Å²) >= 11 is 0. The lowest BCUT2D eigenvalue weighted by atomic mass is 9.91. The van der Waals surface area contributed by atoms with Crippen LogP contribution in [-0.2, 0) is 37.4 Å². The van der Waals surface area contributed by atoms with Crippen LogP contribution in [0, 0.1) is 20.8 Å². The van der Waals surface area contributed by atoms with Crippen molar-refractivity contribution in [1.82, 2.24) is 0 Å². The van der Waals surface area contributed by atoms with Crippen molar-refractivity contribution in [2.24, 2.45) is 0 Å². The van der Waals surface area contributed by atoms with Gasteiger partial charge in [0.15, 0.2) is 5.75 Å². The van der Waals surface area contributed by atoms with Gasteiger partial charge in [-0.1, -0.05) is 29.3 Å². The number of aryl methyl sites for hydroxylation is 1. The molecular formula is C25H28O7S. The maximum Gasteiger partial charge on any atom is 0.342 e. The van der Waals surface area contributed by atoms with Gasteiger partial charge in [0.05, 0.1) is 7.11 Å². The monoisotopic (exact) mass is 472 g/mol. The molecular weight excluding hydrogens is 444 g/mol. The minimum absolute atomic E-state index is 0.00203.